The lowest BCUT2D eigenvalue weighted by Crippen LogP contribution is -2.28. The zero-order valence-corrected chi connectivity index (χ0v) is 13.4. The minimum Gasteiger partial charge on any atom is -0.344 e. The standard InChI is InChI=1S/C19H18N4O/c1-13-18(22-23(21-13)15-8-3-2-4-9-15)19(24)20-17-12-11-14-7-5-6-10-16(14)17/h2-10,17H,11-12H2,1H3,(H,20,24)/t17-/m0/s1. The van der Waals surface area contributed by atoms with Crippen molar-refractivity contribution >= 4 is 5.91 Å². The lowest BCUT2D eigenvalue weighted by molar-refractivity contribution is 0.0930. The number of carbonyl (C=O) groups excluding carboxylic acids is 1. The topological polar surface area (TPSA) is 59.8 Å². The SMILES string of the molecule is Cc1nn(-c2ccccc2)nc1C(=O)N[C@H]1CCc2ccccc21. The number of aromatic nitrogens is 3. The lowest BCUT2D eigenvalue weighted by atomic mass is 10.1. The number of carbonyl (C=O) groups is 1. The Morgan fingerprint density at radius 3 is 2.67 bits per heavy atom. The highest BCUT2D eigenvalue weighted by atomic mass is 16.2. The van der Waals surface area contributed by atoms with Crippen LogP contribution in [0.5, 0.6) is 0 Å². The molecule has 0 saturated carbocycles. The minimum atomic E-state index is -0.170. The molecule has 5 nitrogen and oxygen atoms in total. The first-order valence-corrected chi connectivity index (χ1v) is 8.10. The van der Waals surface area contributed by atoms with Crippen molar-refractivity contribution in [2.24, 2.45) is 0 Å². The van der Waals surface area contributed by atoms with E-state index in [4.69, 9.17) is 0 Å². The highest BCUT2D eigenvalue weighted by molar-refractivity contribution is 5.93. The Bertz CT molecular complexity index is 885. The lowest BCUT2D eigenvalue weighted by Gasteiger charge is -2.13. The first-order valence-electron chi connectivity index (χ1n) is 8.10. The quantitative estimate of drug-likeness (QED) is 0.807. The van der Waals surface area contributed by atoms with Gasteiger partial charge in [-0.1, -0.05) is 42.5 Å². The Morgan fingerprint density at radius 2 is 1.83 bits per heavy atom. The molecule has 4 rings (SSSR count). The van der Waals surface area contributed by atoms with Crippen molar-refractivity contribution in [3.63, 3.8) is 0 Å². The van der Waals surface area contributed by atoms with Crippen molar-refractivity contribution in [2.75, 3.05) is 0 Å². The molecule has 1 aliphatic rings. The largest absolute Gasteiger partial charge is 0.344 e. The van der Waals surface area contributed by atoms with Gasteiger partial charge in [-0.05, 0) is 43.0 Å². The van der Waals surface area contributed by atoms with Crippen LogP contribution in [-0.4, -0.2) is 20.9 Å². The van der Waals surface area contributed by atoms with Gasteiger partial charge in [0.15, 0.2) is 5.69 Å². The Kier molecular flexibility index (Phi) is 3.61. The maximum Gasteiger partial charge on any atom is 0.274 e. The van der Waals surface area contributed by atoms with Crippen LogP contribution in [-0.2, 0) is 6.42 Å². The Labute approximate surface area is 140 Å². The zero-order chi connectivity index (χ0) is 16.5. The highest BCUT2D eigenvalue weighted by Gasteiger charge is 2.25. The molecule has 0 saturated heterocycles. The molecular formula is C19H18N4O. The fourth-order valence-corrected chi connectivity index (χ4v) is 3.20. The van der Waals surface area contributed by atoms with Crippen LogP contribution in [0.15, 0.2) is 54.6 Å². The summed E-state index contributed by atoms with van der Waals surface area (Å²) in [5.74, 6) is -0.170. The van der Waals surface area contributed by atoms with Crippen molar-refractivity contribution in [1.29, 1.82) is 0 Å². The molecule has 0 spiro atoms. The second-order valence-corrected chi connectivity index (χ2v) is 6.02. The van der Waals surface area contributed by atoms with Crippen LogP contribution in [0.25, 0.3) is 5.69 Å². The number of rotatable bonds is 3. The third-order valence-electron chi connectivity index (χ3n) is 4.42. The average Bonchev–Trinajstić information content (AvgIpc) is 3.20. The number of aryl methyl sites for hydroxylation is 2. The molecule has 0 bridgehead atoms. The van der Waals surface area contributed by atoms with Gasteiger partial charge in [-0.15, -0.1) is 5.10 Å². The Morgan fingerprint density at radius 1 is 1.08 bits per heavy atom. The van der Waals surface area contributed by atoms with Gasteiger partial charge in [-0.3, -0.25) is 4.79 Å². The van der Waals surface area contributed by atoms with Gasteiger partial charge in [0.25, 0.3) is 5.91 Å². The summed E-state index contributed by atoms with van der Waals surface area (Å²) in [6.07, 6.45) is 1.92. The van der Waals surface area contributed by atoms with Gasteiger partial charge in [0.1, 0.15) is 0 Å². The molecule has 1 aliphatic carbocycles. The molecule has 2 aromatic carbocycles. The Hall–Kier alpha value is -2.95. The van der Waals surface area contributed by atoms with E-state index in [9.17, 15) is 4.79 Å². The third kappa shape index (κ3) is 2.58. The smallest absolute Gasteiger partial charge is 0.274 e. The monoisotopic (exact) mass is 318 g/mol. The fraction of sp³-hybridized carbons (Fsp3) is 0.211. The number of hydrogen-bond acceptors (Lipinski definition) is 3. The van der Waals surface area contributed by atoms with Crippen LogP contribution in [0.3, 0.4) is 0 Å². The van der Waals surface area contributed by atoms with E-state index in [1.54, 1.807) is 0 Å². The van der Waals surface area contributed by atoms with E-state index in [1.165, 1.54) is 15.9 Å². The minimum absolute atomic E-state index is 0.0509. The van der Waals surface area contributed by atoms with E-state index in [-0.39, 0.29) is 11.9 Å². The second-order valence-electron chi connectivity index (χ2n) is 6.02. The molecule has 1 aromatic heterocycles. The highest BCUT2D eigenvalue weighted by Crippen LogP contribution is 2.30. The number of benzene rings is 2. The molecule has 1 amide bonds. The molecule has 0 radical (unpaired) electrons. The van der Waals surface area contributed by atoms with Crippen LogP contribution in [0.4, 0.5) is 0 Å². The van der Waals surface area contributed by atoms with Crippen molar-refractivity contribution in [1.82, 2.24) is 20.3 Å². The maximum absolute atomic E-state index is 12.6. The summed E-state index contributed by atoms with van der Waals surface area (Å²) in [6.45, 7) is 1.81. The van der Waals surface area contributed by atoms with Crippen molar-refractivity contribution < 1.29 is 4.79 Å². The summed E-state index contributed by atoms with van der Waals surface area (Å²) in [5.41, 5.74) is 4.36. The van der Waals surface area contributed by atoms with Crippen molar-refractivity contribution in [3.05, 3.63) is 77.1 Å². The number of hydrogen-bond donors (Lipinski definition) is 1. The number of amides is 1. The molecule has 3 aromatic rings. The zero-order valence-electron chi connectivity index (χ0n) is 13.4. The predicted molar refractivity (Wildman–Crippen MR) is 91.1 cm³/mol. The third-order valence-corrected chi connectivity index (χ3v) is 4.42. The van der Waals surface area contributed by atoms with E-state index < -0.39 is 0 Å². The fourth-order valence-electron chi connectivity index (χ4n) is 3.20. The van der Waals surface area contributed by atoms with Gasteiger partial charge >= 0.3 is 0 Å². The molecule has 1 atom stereocenters. The number of nitrogens with zero attached hydrogens (tertiary/aromatic N) is 3. The molecule has 120 valence electrons. The summed E-state index contributed by atoms with van der Waals surface area (Å²) < 4.78 is 0. The van der Waals surface area contributed by atoms with Crippen molar-refractivity contribution in [3.8, 4) is 5.69 Å². The van der Waals surface area contributed by atoms with Crippen molar-refractivity contribution in [2.45, 2.75) is 25.8 Å². The van der Waals surface area contributed by atoms with E-state index in [0.29, 0.717) is 11.4 Å². The normalized spacial score (nSPS) is 16.0. The second kappa shape index (κ2) is 5.92. The van der Waals surface area contributed by atoms with E-state index >= 15 is 0 Å². The first kappa shape index (κ1) is 14.6. The average molecular weight is 318 g/mol. The summed E-state index contributed by atoms with van der Waals surface area (Å²) in [6, 6.07) is 17.9. The molecule has 24 heavy (non-hydrogen) atoms. The van der Waals surface area contributed by atoms with Gasteiger partial charge in [0.2, 0.25) is 0 Å². The van der Waals surface area contributed by atoms with E-state index in [0.717, 1.165) is 18.5 Å². The van der Waals surface area contributed by atoms with E-state index in [1.807, 2.05) is 49.4 Å². The molecule has 1 heterocycles. The van der Waals surface area contributed by atoms with Gasteiger partial charge in [0, 0.05) is 0 Å². The van der Waals surface area contributed by atoms with Crippen LogP contribution in [0.2, 0.25) is 0 Å². The van der Waals surface area contributed by atoms with Gasteiger partial charge in [-0.25, -0.2) is 0 Å². The molecule has 1 N–H and O–H groups in total. The number of para-hydroxylation sites is 1. The van der Waals surface area contributed by atoms with Gasteiger partial charge in [0.05, 0.1) is 17.4 Å². The van der Waals surface area contributed by atoms with Crippen LogP contribution in [0.1, 0.15) is 39.8 Å². The van der Waals surface area contributed by atoms with Gasteiger partial charge in [-0.2, -0.15) is 9.90 Å². The first-order chi connectivity index (χ1) is 11.7. The predicted octanol–water partition coefficient (Wildman–Crippen LogP) is 2.99. The number of fused-ring (bicyclic) bond motifs is 1. The molecule has 0 unspecified atom stereocenters. The summed E-state index contributed by atoms with van der Waals surface area (Å²) in [7, 11) is 0. The molecule has 5 heteroatoms. The number of nitrogens with one attached hydrogen (secondary N) is 1. The molecule has 0 fully saturated rings. The van der Waals surface area contributed by atoms with Gasteiger partial charge < -0.3 is 5.32 Å². The molecule has 0 aliphatic heterocycles. The maximum atomic E-state index is 12.6. The molecular weight excluding hydrogens is 300 g/mol. The van der Waals surface area contributed by atoms with Crippen LogP contribution in [0, 0.1) is 6.92 Å². The summed E-state index contributed by atoms with van der Waals surface area (Å²) in [4.78, 5) is 14.2. The van der Waals surface area contributed by atoms with E-state index in [2.05, 4.69) is 27.6 Å². The summed E-state index contributed by atoms with van der Waals surface area (Å²) in [5, 5.41) is 11.8. The Balaban J connectivity index is 1.57. The van der Waals surface area contributed by atoms with Crippen LogP contribution >= 0.6 is 0 Å². The van der Waals surface area contributed by atoms with Crippen LogP contribution < -0.4 is 5.32 Å². The summed E-state index contributed by atoms with van der Waals surface area (Å²) >= 11 is 0.